The third kappa shape index (κ3) is 2.62. The summed E-state index contributed by atoms with van der Waals surface area (Å²) >= 11 is 11.9. The van der Waals surface area contributed by atoms with Crippen LogP contribution >= 0.6 is 23.2 Å². The standard InChI is InChI=1S/C12H21Cl2N/c1-12(7-13,8-14)15-6-11-5-9-2-3-10(11)4-9/h9-11,15H,2-8H2,1H3. The van der Waals surface area contributed by atoms with Gasteiger partial charge >= 0.3 is 0 Å². The SMILES string of the molecule is CC(CCl)(CCl)NCC1CC2CCC1C2. The Labute approximate surface area is 103 Å². The van der Waals surface area contributed by atoms with E-state index >= 15 is 0 Å². The number of hydrogen-bond donors (Lipinski definition) is 1. The van der Waals surface area contributed by atoms with Crippen molar-refractivity contribution in [2.45, 2.75) is 38.1 Å². The first-order valence-corrected chi connectivity index (χ1v) is 7.11. The van der Waals surface area contributed by atoms with Crippen molar-refractivity contribution in [3.05, 3.63) is 0 Å². The van der Waals surface area contributed by atoms with Gasteiger partial charge in [0.25, 0.3) is 0 Å². The first kappa shape index (κ1) is 12.0. The number of nitrogens with one attached hydrogen (secondary N) is 1. The van der Waals surface area contributed by atoms with Crippen LogP contribution in [-0.2, 0) is 0 Å². The molecule has 3 heteroatoms. The molecule has 2 rings (SSSR count). The molecule has 0 amide bonds. The van der Waals surface area contributed by atoms with E-state index in [0.29, 0.717) is 11.8 Å². The van der Waals surface area contributed by atoms with Crippen molar-refractivity contribution >= 4 is 23.2 Å². The highest BCUT2D eigenvalue weighted by molar-refractivity contribution is 6.22. The minimum Gasteiger partial charge on any atom is -0.309 e. The number of alkyl halides is 2. The lowest BCUT2D eigenvalue weighted by atomic mass is 9.88. The summed E-state index contributed by atoms with van der Waals surface area (Å²) < 4.78 is 0. The lowest BCUT2D eigenvalue weighted by Crippen LogP contribution is -2.48. The maximum Gasteiger partial charge on any atom is 0.0425 e. The zero-order valence-corrected chi connectivity index (χ0v) is 10.9. The van der Waals surface area contributed by atoms with Crippen molar-refractivity contribution in [3.8, 4) is 0 Å². The molecule has 15 heavy (non-hydrogen) atoms. The summed E-state index contributed by atoms with van der Waals surface area (Å²) in [5, 5.41) is 3.56. The van der Waals surface area contributed by atoms with E-state index in [1.807, 2.05) is 0 Å². The molecule has 2 aliphatic rings. The largest absolute Gasteiger partial charge is 0.309 e. The fourth-order valence-electron chi connectivity index (χ4n) is 3.13. The van der Waals surface area contributed by atoms with Gasteiger partial charge in [-0.25, -0.2) is 0 Å². The molecule has 0 aliphatic heterocycles. The molecule has 0 saturated heterocycles. The van der Waals surface area contributed by atoms with Gasteiger partial charge in [0, 0.05) is 17.3 Å². The van der Waals surface area contributed by atoms with Gasteiger partial charge < -0.3 is 5.32 Å². The van der Waals surface area contributed by atoms with E-state index in [0.717, 1.165) is 24.3 Å². The Morgan fingerprint density at radius 3 is 2.40 bits per heavy atom. The van der Waals surface area contributed by atoms with Gasteiger partial charge in [-0.05, 0) is 50.5 Å². The van der Waals surface area contributed by atoms with Crippen LogP contribution in [0.5, 0.6) is 0 Å². The molecule has 3 unspecified atom stereocenters. The lowest BCUT2D eigenvalue weighted by molar-refractivity contribution is 0.289. The summed E-state index contributed by atoms with van der Waals surface area (Å²) in [7, 11) is 0. The average molecular weight is 250 g/mol. The Hall–Kier alpha value is 0.540. The number of halogens is 2. The van der Waals surface area contributed by atoms with Crippen LogP contribution in [0.25, 0.3) is 0 Å². The van der Waals surface area contributed by atoms with Gasteiger partial charge in [-0.3, -0.25) is 0 Å². The van der Waals surface area contributed by atoms with Gasteiger partial charge in [-0.2, -0.15) is 0 Å². The molecule has 88 valence electrons. The number of hydrogen-bond acceptors (Lipinski definition) is 1. The van der Waals surface area contributed by atoms with E-state index in [1.54, 1.807) is 0 Å². The lowest BCUT2D eigenvalue weighted by Gasteiger charge is -2.30. The van der Waals surface area contributed by atoms with Gasteiger partial charge in [0.15, 0.2) is 0 Å². The molecule has 0 heterocycles. The Kier molecular flexibility index (Phi) is 3.85. The molecule has 0 aromatic rings. The molecule has 1 nitrogen and oxygen atoms in total. The fraction of sp³-hybridized carbons (Fsp3) is 1.00. The number of rotatable bonds is 5. The maximum atomic E-state index is 5.93. The normalized spacial score (nSPS) is 35.0. The smallest absolute Gasteiger partial charge is 0.0425 e. The van der Waals surface area contributed by atoms with E-state index < -0.39 is 0 Å². The van der Waals surface area contributed by atoms with Gasteiger partial charge in [0.1, 0.15) is 0 Å². The third-order valence-corrected chi connectivity index (χ3v) is 5.45. The van der Waals surface area contributed by atoms with Crippen LogP contribution in [0.2, 0.25) is 0 Å². The molecular weight excluding hydrogens is 229 g/mol. The molecule has 2 saturated carbocycles. The van der Waals surface area contributed by atoms with Crippen molar-refractivity contribution in [2.24, 2.45) is 17.8 Å². The summed E-state index contributed by atoms with van der Waals surface area (Å²) in [5.74, 6) is 4.08. The predicted octanol–water partition coefficient (Wildman–Crippen LogP) is 3.25. The van der Waals surface area contributed by atoms with Crippen LogP contribution in [0.15, 0.2) is 0 Å². The van der Waals surface area contributed by atoms with Crippen LogP contribution in [0.1, 0.15) is 32.6 Å². The van der Waals surface area contributed by atoms with Crippen LogP contribution < -0.4 is 5.32 Å². The van der Waals surface area contributed by atoms with Crippen molar-refractivity contribution in [1.82, 2.24) is 5.32 Å². The van der Waals surface area contributed by atoms with Crippen LogP contribution in [0.3, 0.4) is 0 Å². The highest BCUT2D eigenvalue weighted by Crippen LogP contribution is 2.48. The van der Waals surface area contributed by atoms with E-state index in [1.165, 1.54) is 25.7 Å². The van der Waals surface area contributed by atoms with Crippen molar-refractivity contribution in [3.63, 3.8) is 0 Å². The molecule has 0 aromatic heterocycles. The first-order valence-electron chi connectivity index (χ1n) is 6.04. The molecule has 0 spiro atoms. The second-order valence-corrected chi connectivity index (χ2v) is 6.18. The van der Waals surface area contributed by atoms with Crippen molar-refractivity contribution < 1.29 is 0 Å². The van der Waals surface area contributed by atoms with E-state index in [4.69, 9.17) is 23.2 Å². The second-order valence-electron chi connectivity index (χ2n) is 5.64. The monoisotopic (exact) mass is 249 g/mol. The molecular formula is C12H21Cl2N. The Morgan fingerprint density at radius 2 is 1.93 bits per heavy atom. The highest BCUT2D eigenvalue weighted by atomic mass is 35.5. The van der Waals surface area contributed by atoms with Gasteiger partial charge in [-0.15, -0.1) is 23.2 Å². The molecule has 2 fully saturated rings. The summed E-state index contributed by atoms with van der Waals surface area (Å²) in [4.78, 5) is 0. The Morgan fingerprint density at radius 1 is 1.20 bits per heavy atom. The van der Waals surface area contributed by atoms with Gasteiger partial charge in [-0.1, -0.05) is 6.42 Å². The van der Waals surface area contributed by atoms with Crippen LogP contribution in [-0.4, -0.2) is 23.8 Å². The Bertz CT molecular complexity index is 216. The average Bonchev–Trinajstić information content (AvgIpc) is 2.87. The topological polar surface area (TPSA) is 12.0 Å². The summed E-state index contributed by atoms with van der Waals surface area (Å²) in [6.45, 7) is 3.22. The Balaban J connectivity index is 1.78. The highest BCUT2D eigenvalue weighted by Gasteiger charge is 2.39. The van der Waals surface area contributed by atoms with E-state index in [9.17, 15) is 0 Å². The van der Waals surface area contributed by atoms with Gasteiger partial charge in [0.05, 0.1) is 0 Å². The van der Waals surface area contributed by atoms with E-state index in [-0.39, 0.29) is 5.54 Å². The number of fused-ring (bicyclic) bond motifs is 2. The molecule has 3 atom stereocenters. The maximum absolute atomic E-state index is 5.93. The molecule has 1 N–H and O–H groups in total. The second kappa shape index (κ2) is 4.81. The zero-order valence-electron chi connectivity index (χ0n) is 9.44. The molecule has 0 aromatic carbocycles. The molecule has 2 aliphatic carbocycles. The summed E-state index contributed by atoms with van der Waals surface area (Å²) in [5.41, 5.74) is -0.0784. The van der Waals surface area contributed by atoms with Crippen LogP contribution in [0, 0.1) is 17.8 Å². The zero-order chi connectivity index (χ0) is 10.9. The van der Waals surface area contributed by atoms with E-state index in [2.05, 4.69) is 12.2 Å². The predicted molar refractivity (Wildman–Crippen MR) is 66.8 cm³/mol. The molecule has 2 bridgehead atoms. The quantitative estimate of drug-likeness (QED) is 0.738. The fourth-order valence-corrected chi connectivity index (χ4v) is 3.61. The minimum absolute atomic E-state index is 0.0784. The van der Waals surface area contributed by atoms with Crippen molar-refractivity contribution in [2.75, 3.05) is 18.3 Å². The molecule has 0 radical (unpaired) electrons. The van der Waals surface area contributed by atoms with Crippen LogP contribution in [0.4, 0.5) is 0 Å². The van der Waals surface area contributed by atoms with Gasteiger partial charge in [0.2, 0.25) is 0 Å². The first-order chi connectivity index (χ1) is 7.17. The summed E-state index contributed by atoms with van der Waals surface area (Å²) in [6, 6.07) is 0. The summed E-state index contributed by atoms with van der Waals surface area (Å²) in [6.07, 6.45) is 5.84. The minimum atomic E-state index is -0.0784. The van der Waals surface area contributed by atoms with Crippen molar-refractivity contribution in [1.29, 1.82) is 0 Å². The third-order valence-electron chi connectivity index (χ3n) is 4.27.